The van der Waals surface area contributed by atoms with Crippen molar-refractivity contribution in [1.29, 1.82) is 0 Å². The van der Waals surface area contributed by atoms with Crippen molar-refractivity contribution in [2.45, 2.75) is 32.7 Å². The lowest BCUT2D eigenvalue weighted by atomic mass is 10.1. The third-order valence-corrected chi connectivity index (χ3v) is 2.46. The second kappa shape index (κ2) is 3.52. The predicted octanol–water partition coefficient (Wildman–Crippen LogP) is 1.99. The van der Waals surface area contributed by atoms with E-state index >= 15 is 0 Å². The van der Waals surface area contributed by atoms with Gasteiger partial charge in [0.15, 0.2) is 5.69 Å². The van der Waals surface area contributed by atoms with Crippen LogP contribution in [0.15, 0.2) is 0 Å². The predicted molar refractivity (Wildman–Crippen MR) is 46.3 cm³/mol. The minimum atomic E-state index is -4.38. The van der Waals surface area contributed by atoms with E-state index in [1.54, 1.807) is 6.92 Å². The summed E-state index contributed by atoms with van der Waals surface area (Å²) < 4.78 is 44.2. The molecule has 0 N–H and O–H groups in total. The third kappa shape index (κ3) is 1.73. The molecule has 0 aromatic carbocycles. The lowest BCUT2D eigenvalue weighted by Gasteiger charge is -2.14. The van der Waals surface area contributed by atoms with Crippen molar-refractivity contribution in [3.05, 3.63) is 17.0 Å². The fourth-order valence-electron chi connectivity index (χ4n) is 1.80. The molecule has 2 heterocycles. The van der Waals surface area contributed by atoms with Gasteiger partial charge < -0.3 is 4.74 Å². The van der Waals surface area contributed by atoms with Crippen LogP contribution in [0.1, 0.15) is 23.9 Å². The Morgan fingerprint density at radius 2 is 2.20 bits per heavy atom. The minimum Gasteiger partial charge on any atom is -0.376 e. The fourth-order valence-corrected chi connectivity index (χ4v) is 1.80. The van der Waals surface area contributed by atoms with Crippen molar-refractivity contribution in [1.82, 2.24) is 9.78 Å². The lowest BCUT2D eigenvalue weighted by molar-refractivity contribution is -0.142. The first-order valence-electron chi connectivity index (χ1n) is 4.77. The normalized spacial score (nSPS) is 16.5. The standard InChI is InChI=1S/C9H11F3N2O/c1-2-14-7-3-4-15-5-6(7)8(13-14)9(10,11)12/h2-5H2,1H3. The highest BCUT2D eigenvalue weighted by Crippen LogP contribution is 2.34. The number of halogens is 3. The van der Waals surface area contributed by atoms with Gasteiger partial charge in [-0.25, -0.2) is 0 Å². The number of ether oxygens (including phenoxy) is 1. The van der Waals surface area contributed by atoms with E-state index in [1.165, 1.54) is 4.68 Å². The van der Waals surface area contributed by atoms with Crippen LogP contribution in [-0.4, -0.2) is 16.4 Å². The van der Waals surface area contributed by atoms with E-state index in [1.807, 2.05) is 0 Å². The van der Waals surface area contributed by atoms with E-state index < -0.39 is 11.9 Å². The molecule has 84 valence electrons. The average molecular weight is 220 g/mol. The molecule has 0 aliphatic carbocycles. The summed E-state index contributed by atoms with van der Waals surface area (Å²) in [6, 6.07) is 0. The summed E-state index contributed by atoms with van der Waals surface area (Å²) in [6.45, 7) is 2.72. The SMILES string of the molecule is CCn1nc(C(F)(F)F)c2c1CCOC2. The maximum absolute atomic E-state index is 12.6. The van der Waals surface area contributed by atoms with Gasteiger partial charge >= 0.3 is 6.18 Å². The highest BCUT2D eigenvalue weighted by atomic mass is 19.4. The molecule has 1 aromatic rings. The van der Waals surface area contributed by atoms with Crippen molar-refractivity contribution in [3.8, 4) is 0 Å². The molecule has 0 atom stereocenters. The molecule has 0 spiro atoms. The van der Waals surface area contributed by atoms with E-state index in [0.29, 0.717) is 25.3 Å². The molecule has 0 unspecified atom stereocenters. The number of rotatable bonds is 1. The van der Waals surface area contributed by atoms with E-state index in [2.05, 4.69) is 5.10 Å². The number of hydrogen-bond donors (Lipinski definition) is 0. The van der Waals surface area contributed by atoms with Crippen LogP contribution in [-0.2, 0) is 30.5 Å². The minimum absolute atomic E-state index is 0.0180. The lowest BCUT2D eigenvalue weighted by Crippen LogP contribution is -2.15. The molecule has 0 amide bonds. The molecule has 0 fully saturated rings. The second-order valence-corrected chi connectivity index (χ2v) is 3.39. The summed E-state index contributed by atoms with van der Waals surface area (Å²) in [5, 5.41) is 3.59. The van der Waals surface area contributed by atoms with Crippen LogP contribution in [0.2, 0.25) is 0 Å². The van der Waals surface area contributed by atoms with Crippen molar-refractivity contribution in [3.63, 3.8) is 0 Å². The van der Waals surface area contributed by atoms with Crippen molar-refractivity contribution < 1.29 is 17.9 Å². The maximum atomic E-state index is 12.6. The van der Waals surface area contributed by atoms with Crippen LogP contribution < -0.4 is 0 Å². The van der Waals surface area contributed by atoms with Crippen LogP contribution in [0.3, 0.4) is 0 Å². The Kier molecular flexibility index (Phi) is 2.46. The van der Waals surface area contributed by atoms with E-state index in [9.17, 15) is 13.2 Å². The van der Waals surface area contributed by atoms with Crippen LogP contribution in [0.25, 0.3) is 0 Å². The van der Waals surface area contributed by atoms with Gasteiger partial charge in [-0.2, -0.15) is 18.3 Å². The molecule has 1 aromatic heterocycles. The molecule has 0 saturated carbocycles. The number of alkyl halides is 3. The Hall–Kier alpha value is -1.04. The van der Waals surface area contributed by atoms with E-state index in [0.717, 1.165) is 0 Å². The molecular weight excluding hydrogens is 209 g/mol. The Morgan fingerprint density at radius 3 is 2.80 bits per heavy atom. The first-order chi connectivity index (χ1) is 7.04. The first kappa shape index (κ1) is 10.5. The van der Waals surface area contributed by atoms with Crippen molar-refractivity contribution in [2.24, 2.45) is 0 Å². The molecular formula is C9H11F3N2O. The summed E-state index contributed by atoms with van der Waals surface area (Å²) in [6.07, 6.45) is -3.88. The number of hydrogen-bond acceptors (Lipinski definition) is 2. The Labute approximate surface area is 84.8 Å². The molecule has 1 aliphatic rings. The van der Waals surface area contributed by atoms with Gasteiger partial charge in [-0.05, 0) is 6.92 Å². The quantitative estimate of drug-likeness (QED) is 0.723. The number of aromatic nitrogens is 2. The molecule has 0 radical (unpaired) electrons. The molecule has 15 heavy (non-hydrogen) atoms. The molecule has 2 rings (SSSR count). The highest BCUT2D eigenvalue weighted by molar-refractivity contribution is 5.29. The number of nitrogens with zero attached hydrogens (tertiary/aromatic N) is 2. The van der Waals surface area contributed by atoms with Gasteiger partial charge in [0.05, 0.1) is 13.2 Å². The summed E-state index contributed by atoms with van der Waals surface area (Å²) in [5.41, 5.74) is 0.0747. The summed E-state index contributed by atoms with van der Waals surface area (Å²) in [4.78, 5) is 0. The molecule has 1 aliphatic heterocycles. The summed E-state index contributed by atoms with van der Waals surface area (Å²) in [7, 11) is 0. The van der Waals surface area contributed by atoms with Crippen LogP contribution >= 0.6 is 0 Å². The average Bonchev–Trinajstić information content (AvgIpc) is 2.55. The van der Waals surface area contributed by atoms with E-state index in [-0.39, 0.29) is 12.2 Å². The molecule has 3 nitrogen and oxygen atoms in total. The van der Waals surface area contributed by atoms with Crippen molar-refractivity contribution in [2.75, 3.05) is 6.61 Å². The first-order valence-corrected chi connectivity index (χ1v) is 4.77. The van der Waals surface area contributed by atoms with Gasteiger partial charge in [0.25, 0.3) is 0 Å². The van der Waals surface area contributed by atoms with Gasteiger partial charge in [-0.3, -0.25) is 4.68 Å². The largest absolute Gasteiger partial charge is 0.435 e. The van der Waals surface area contributed by atoms with Gasteiger partial charge in [-0.1, -0.05) is 0 Å². The Morgan fingerprint density at radius 1 is 1.47 bits per heavy atom. The van der Waals surface area contributed by atoms with Crippen molar-refractivity contribution >= 4 is 0 Å². The highest BCUT2D eigenvalue weighted by Gasteiger charge is 2.39. The van der Waals surface area contributed by atoms with Crippen LogP contribution in [0, 0.1) is 0 Å². The maximum Gasteiger partial charge on any atom is 0.435 e. The summed E-state index contributed by atoms with van der Waals surface area (Å²) in [5.74, 6) is 0. The van der Waals surface area contributed by atoms with E-state index in [4.69, 9.17) is 4.74 Å². The van der Waals surface area contributed by atoms with Gasteiger partial charge in [0.1, 0.15) is 0 Å². The zero-order valence-corrected chi connectivity index (χ0v) is 8.26. The molecule has 0 saturated heterocycles. The second-order valence-electron chi connectivity index (χ2n) is 3.39. The topological polar surface area (TPSA) is 27.1 Å². The molecule has 0 bridgehead atoms. The monoisotopic (exact) mass is 220 g/mol. The molecule has 6 heteroatoms. The summed E-state index contributed by atoms with van der Waals surface area (Å²) >= 11 is 0. The Bertz CT molecular complexity index is 370. The third-order valence-electron chi connectivity index (χ3n) is 2.46. The number of fused-ring (bicyclic) bond motifs is 1. The fraction of sp³-hybridized carbons (Fsp3) is 0.667. The Balaban J connectivity index is 2.52. The van der Waals surface area contributed by atoms with Crippen LogP contribution in [0.4, 0.5) is 13.2 Å². The smallest absolute Gasteiger partial charge is 0.376 e. The van der Waals surface area contributed by atoms with Gasteiger partial charge in [-0.15, -0.1) is 0 Å². The van der Waals surface area contributed by atoms with Gasteiger partial charge in [0, 0.05) is 24.2 Å². The van der Waals surface area contributed by atoms with Gasteiger partial charge in [0.2, 0.25) is 0 Å². The number of aryl methyl sites for hydroxylation is 1. The van der Waals surface area contributed by atoms with Crippen LogP contribution in [0.5, 0.6) is 0 Å². The zero-order valence-electron chi connectivity index (χ0n) is 8.26. The zero-order chi connectivity index (χ0) is 11.1.